The van der Waals surface area contributed by atoms with Gasteiger partial charge in [0.15, 0.2) is 0 Å². The molecule has 1 aromatic heterocycles. The van der Waals surface area contributed by atoms with Gasteiger partial charge in [-0.1, -0.05) is 12.7 Å². The standard InChI is InChI=1S/C13H16OS/c1-2-11-7-8-12(15-11)13(14,9-3-4-9)10-5-6-10/h2,7-10,14H,1,3-6H2. The van der Waals surface area contributed by atoms with Crippen LogP contribution < -0.4 is 0 Å². The molecule has 2 heteroatoms. The average molecular weight is 220 g/mol. The SMILES string of the molecule is C=Cc1ccc(C(O)(C2CC2)C2CC2)s1. The van der Waals surface area contributed by atoms with Crippen LogP contribution in [-0.2, 0) is 5.60 Å². The van der Waals surface area contributed by atoms with Crippen molar-refractivity contribution < 1.29 is 5.11 Å². The van der Waals surface area contributed by atoms with Crippen molar-refractivity contribution in [3.63, 3.8) is 0 Å². The maximum absolute atomic E-state index is 10.8. The normalized spacial score (nSPS) is 21.7. The lowest BCUT2D eigenvalue weighted by Crippen LogP contribution is -2.29. The maximum Gasteiger partial charge on any atom is 0.104 e. The summed E-state index contributed by atoms with van der Waals surface area (Å²) in [5, 5.41) is 10.8. The van der Waals surface area contributed by atoms with Gasteiger partial charge in [-0.2, -0.15) is 0 Å². The van der Waals surface area contributed by atoms with Crippen LogP contribution in [0, 0.1) is 11.8 Å². The van der Waals surface area contributed by atoms with Crippen molar-refractivity contribution >= 4 is 17.4 Å². The second kappa shape index (κ2) is 3.19. The van der Waals surface area contributed by atoms with Crippen molar-refractivity contribution in [1.29, 1.82) is 0 Å². The Morgan fingerprint density at radius 3 is 2.27 bits per heavy atom. The molecule has 1 heterocycles. The van der Waals surface area contributed by atoms with Crippen molar-refractivity contribution in [2.24, 2.45) is 11.8 Å². The van der Waals surface area contributed by atoms with E-state index >= 15 is 0 Å². The van der Waals surface area contributed by atoms with E-state index in [1.165, 1.54) is 35.4 Å². The molecule has 0 atom stereocenters. The number of rotatable bonds is 4. The first kappa shape index (κ1) is 9.61. The Balaban J connectivity index is 1.96. The molecule has 2 saturated carbocycles. The van der Waals surface area contributed by atoms with E-state index in [1.807, 2.05) is 6.08 Å². The third kappa shape index (κ3) is 1.47. The van der Waals surface area contributed by atoms with Crippen LogP contribution in [0.1, 0.15) is 35.4 Å². The fourth-order valence-corrected chi connectivity index (χ4v) is 3.57. The lowest BCUT2D eigenvalue weighted by molar-refractivity contribution is -0.00661. The molecular formula is C13H16OS. The van der Waals surface area contributed by atoms with Crippen LogP contribution in [0.4, 0.5) is 0 Å². The highest BCUT2D eigenvalue weighted by Gasteiger charge is 2.54. The third-order valence-corrected chi connectivity index (χ3v) is 4.84. The van der Waals surface area contributed by atoms with Crippen molar-refractivity contribution in [3.05, 3.63) is 28.5 Å². The minimum absolute atomic E-state index is 0.494. The van der Waals surface area contributed by atoms with Crippen LogP contribution in [-0.4, -0.2) is 5.11 Å². The molecule has 2 aliphatic rings. The summed E-state index contributed by atoms with van der Waals surface area (Å²) < 4.78 is 0. The number of hydrogen-bond acceptors (Lipinski definition) is 2. The second-order valence-corrected chi connectivity index (χ2v) is 5.90. The third-order valence-electron chi connectivity index (χ3n) is 3.62. The molecule has 1 aromatic rings. The Morgan fingerprint density at radius 2 is 1.87 bits per heavy atom. The smallest absolute Gasteiger partial charge is 0.104 e. The summed E-state index contributed by atoms with van der Waals surface area (Å²) in [5.74, 6) is 1.06. The molecule has 15 heavy (non-hydrogen) atoms. The Hall–Kier alpha value is -0.600. The van der Waals surface area contributed by atoms with Crippen molar-refractivity contribution in [1.82, 2.24) is 0 Å². The lowest BCUT2D eigenvalue weighted by atomic mass is 9.90. The van der Waals surface area contributed by atoms with Crippen molar-refractivity contribution in [2.75, 3.05) is 0 Å². The Morgan fingerprint density at radius 1 is 1.27 bits per heavy atom. The monoisotopic (exact) mass is 220 g/mol. The van der Waals surface area contributed by atoms with Gasteiger partial charge in [0.2, 0.25) is 0 Å². The largest absolute Gasteiger partial charge is 0.384 e. The van der Waals surface area contributed by atoms with E-state index < -0.39 is 5.60 Å². The molecule has 1 nitrogen and oxygen atoms in total. The van der Waals surface area contributed by atoms with Gasteiger partial charge in [0, 0.05) is 9.75 Å². The molecule has 0 radical (unpaired) electrons. The fourth-order valence-electron chi connectivity index (χ4n) is 2.46. The van der Waals surface area contributed by atoms with E-state index in [-0.39, 0.29) is 0 Å². The number of hydrogen-bond donors (Lipinski definition) is 1. The number of thiophene rings is 1. The summed E-state index contributed by atoms with van der Waals surface area (Å²) >= 11 is 1.71. The fraction of sp³-hybridized carbons (Fsp3) is 0.538. The minimum atomic E-state index is -0.494. The molecule has 0 bridgehead atoms. The van der Waals surface area contributed by atoms with E-state index in [2.05, 4.69) is 18.7 Å². The maximum atomic E-state index is 10.8. The summed E-state index contributed by atoms with van der Waals surface area (Å²) in [6.07, 6.45) is 6.68. The van der Waals surface area contributed by atoms with Crippen molar-refractivity contribution in [2.45, 2.75) is 31.3 Å². The first-order valence-corrected chi connectivity index (χ1v) is 6.52. The zero-order chi connectivity index (χ0) is 10.5. The van der Waals surface area contributed by atoms with Crippen LogP contribution in [0.5, 0.6) is 0 Å². The molecule has 0 saturated heterocycles. The topological polar surface area (TPSA) is 20.2 Å². The molecule has 1 N–H and O–H groups in total. The molecule has 0 spiro atoms. The van der Waals surface area contributed by atoms with E-state index in [0.29, 0.717) is 11.8 Å². The van der Waals surface area contributed by atoms with Gasteiger partial charge >= 0.3 is 0 Å². The molecule has 0 amide bonds. The highest BCUT2D eigenvalue weighted by atomic mass is 32.1. The van der Waals surface area contributed by atoms with Crippen LogP contribution in [0.25, 0.3) is 6.08 Å². The molecule has 2 fully saturated rings. The second-order valence-electron chi connectivity index (χ2n) is 4.78. The first-order valence-electron chi connectivity index (χ1n) is 5.70. The first-order chi connectivity index (χ1) is 7.25. The zero-order valence-electron chi connectivity index (χ0n) is 8.78. The molecular weight excluding hydrogens is 204 g/mol. The van der Waals surface area contributed by atoms with Crippen LogP contribution in [0.15, 0.2) is 18.7 Å². The summed E-state index contributed by atoms with van der Waals surface area (Å²) in [5.41, 5.74) is -0.494. The highest BCUT2D eigenvalue weighted by molar-refractivity contribution is 7.13. The van der Waals surface area contributed by atoms with Crippen LogP contribution in [0.3, 0.4) is 0 Å². The predicted molar refractivity (Wildman–Crippen MR) is 63.8 cm³/mol. The predicted octanol–water partition coefficient (Wildman–Crippen LogP) is 3.40. The van der Waals surface area contributed by atoms with E-state index in [4.69, 9.17) is 0 Å². The summed E-state index contributed by atoms with van der Waals surface area (Å²) in [6, 6.07) is 4.17. The molecule has 0 unspecified atom stereocenters. The van der Waals surface area contributed by atoms with Gasteiger partial charge in [-0.3, -0.25) is 0 Å². The van der Waals surface area contributed by atoms with E-state index in [9.17, 15) is 5.11 Å². The van der Waals surface area contributed by atoms with Crippen LogP contribution in [0.2, 0.25) is 0 Å². The molecule has 2 aliphatic carbocycles. The Kier molecular flexibility index (Phi) is 2.05. The van der Waals surface area contributed by atoms with Crippen LogP contribution >= 0.6 is 11.3 Å². The highest BCUT2D eigenvalue weighted by Crippen LogP contribution is 2.58. The average Bonchev–Trinajstić information content (AvgIpc) is 3.12. The van der Waals surface area contributed by atoms with Gasteiger partial charge in [-0.05, 0) is 49.7 Å². The minimum Gasteiger partial charge on any atom is -0.384 e. The molecule has 80 valence electrons. The quantitative estimate of drug-likeness (QED) is 0.824. The lowest BCUT2D eigenvalue weighted by Gasteiger charge is -2.27. The van der Waals surface area contributed by atoms with E-state index in [1.54, 1.807) is 11.3 Å². The molecule has 3 rings (SSSR count). The van der Waals surface area contributed by atoms with Gasteiger partial charge < -0.3 is 5.11 Å². The van der Waals surface area contributed by atoms with Gasteiger partial charge in [0.05, 0.1) is 0 Å². The zero-order valence-corrected chi connectivity index (χ0v) is 9.59. The molecule has 0 aliphatic heterocycles. The van der Waals surface area contributed by atoms with Gasteiger partial charge in [0.25, 0.3) is 0 Å². The summed E-state index contributed by atoms with van der Waals surface area (Å²) in [6.45, 7) is 3.78. The number of aliphatic hydroxyl groups is 1. The molecule has 0 aromatic carbocycles. The summed E-state index contributed by atoms with van der Waals surface area (Å²) in [7, 11) is 0. The van der Waals surface area contributed by atoms with E-state index in [0.717, 1.165) is 0 Å². The Bertz CT molecular complexity index is 373. The summed E-state index contributed by atoms with van der Waals surface area (Å²) in [4.78, 5) is 2.34. The van der Waals surface area contributed by atoms with Gasteiger partial charge in [-0.25, -0.2) is 0 Å². The van der Waals surface area contributed by atoms with Gasteiger partial charge in [0.1, 0.15) is 5.60 Å². The van der Waals surface area contributed by atoms with Gasteiger partial charge in [-0.15, -0.1) is 11.3 Å². The van der Waals surface area contributed by atoms with Crippen molar-refractivity contribution in [3.8, 4) is 0 Å². The Labute approximate surface area is 94.4 Å².